The van der Waals surface area contributed by atoms with Gasteiger partial charge in [-0.3, -0.25) is 4.79 Å². The van der Waals surface area contributed by atoms with Crippen molar-refractivity contribution in [3.63, 3.8) is 0 Å². The second-order valence-corrected chi connectivity index (χ2v) is 5.61. The van der Waals surface area contributed by atoms with Gasteiger partial charge < -0.3 is 5.32 Å². The Kier molecular flexibility index (Phi) is 5.81. The number of hydrogen-bond donors (Lipinski definition) is 1. The molecule has 0 saturated heterocycles. The van der Waals surface area contributed by atoms with Crippen LogP contribution in [0.1, 0.15) is 21.5 Å². The van der Waals surface area contributed by atoms with Crippen LogP contribution in [-0.2, 0) is 5.75 Å². The topological polar surface area (TPSA) is 52.9 Å². The van der Waals surface area contributed by atoms with Crippen molar-refractivity contribution in [2.75, 3.05) is 6.54 Å². The zero-order chi connectivity index (χ0) is 15.8. The molecule has 3 nitrogen and oxygen atoms in total. The van der Waals surface area contributed by atoms with Crippen molar-refractivity contribution < 1.29 is 4.79 Å². The lowest BCUT2D eigenvalue weighted by Gasteiger charge is -2.09. The molecule has 2 aromatic rings. The Morgan fingerprint density at radius 3 is 2.64 bits per heavy atom. The predicted molar refractivity (Wildman–Crippen MR) is 89.7 cm³/mol. The fraction of sp³-hybridized carbons (Fsp3) is 0.111. The molecule has 4 heteroatoms. The lowest BCUT2D eigenvalue weighted by molar-refractivity contribution is 0.0955. The van der Waals surface area contributed by atoms with Crippen molar-refractivity contribution >= 4 is 17.7 Å². The van der Waals surface area contributed by atoms with Gasteiger partial charge >= 0.3 is 0 Å². The first-order chi connectivity index (χ1) is 10.7. The van der Waals surface area contributed by atoms with E-state index in [-0.39, 0.29) is 5.91 Å². The molecule has 0 atom stereocenters. The minimum absolute atomic E-state index is 0.0946. The summed E-state index contributed by atoms with van der Waals surface area (Å²) in [5.74, 6) is 0.653. The molecule has 110 valence electrons. The van der Waals surface area contributed by atoms with Gasteiger partial charge in [0.25, 0.3) is 5.91 Å². The zero-order valence-electron chi connectivity index (χ0n) is 12.1. The number of carbonyl (C=O) groups excluding carboxylic acids is 1. The molecular formula is C18H16N2OS. The number of thioether (sulfide) groups is 1. The smallest absolute Gasteiger partial charge is 0.252 e. The molecule has 0 aliphatic heterocycles. The van der Waals surface area contributed by atoms with Crippen LogP contribution in [0, 0.1) is 11.3 Å². The van der Waals surface area contributed by atoms with Gasteiger partial charge in [-0.1, -0.05) is 30.3 Å². The lowest BCUT2D eigenvalue weighted by atomic mass is 10.2. The summed E-state index contributed by atoms with van der Waals surface area (Å²) in [5, 5.41) is 11.6. The van der Waals surface area contributed by atoms with Gasteiger partial charge in [-0.05, 0) is 29.8 Å². The van der Waals surface area contributed by atoms with Gasteiger partial charge in [0.15, 0.2) is 0 Å². The van der Waals surface area contributed by atoms with Gasteiger partial charge in [-0.15, -0.1) is 18.3 Å². The molecule has 0 bridgehead atoms. The van der Waals surface area contributed by atoms with Crippen LogP contribution >= 0.6 is 11.8 Å². The van der Waals surface area contributed by atoms with E-state index in [9.17, 15) is 4.79 Å². The first kappa shape index (κ1) is 15.9. The van der Waals surface area contributed by atoms with Crippen molar-refractivity contribution in [2.45, 2.75) is 10.6 Å². The number of nitrogens with zero attached hydrogens (tertiary/aromatic N) is 1. The number of rotatable bonds is 6. The Labute approximate surface area is 134 Å². The van der Waals surface area contributed by atoms with E-state index in [1.54, 1.807) is 30.0 Å². The van der Waals surface area contributed by atoms with Crippen LogP contribution in [0.2, 0.25) is 0 Å². The van der Waals surface area contributed by atoms with Crippen LogP contribution in [0.4, 0.5) is 0 Å². The first-order valence-corrected chi connectivity index (χ1v) is 7.83. The van der Waals surface area contributed by atoms with Crippen LogP contribution in [0.25, 0.3) is 0 Å². The summed E-state index contributed by atoms with van der Waals surface area (Å²) in [5.41, 5.74) is 2.44. The second-order valence-electron chi connectivity index (χ2n) is 4.59. The largest absolute Gasteiger partial charge is 0.349 e. The molecule has 0 fully saturated rings. The molecule has 0 radical (unpaired) electrons. The fourth-order valence-electron chi connectivity index (χ4n) is 1.88. The molecular weight excluding hydrogens is 292 g/mol. The number of amides is 1. The van der Waals surface area contributed by atoms with E-state index in [2.05, 4.69) is 18.0 Å². The Balaban J connectivity index is 2.07. The second kappa shape index (κ2) is 8.06. The van der Waals surface area contributed by atoms with Gasteiger partial charge in [-0.25, -0.2) is 0 Å². The van der Waals surface area contributed by atoms with Crippen molar-refractivity contribution in [3.8, 4) is 6.07 Å². The summed E-state index contributed by atoms with van der Waals surface area (Å²) < 4.78 is 0. The maximum Gasteiger partial charge on any atom is 0.252 e. The summed E-state index contributed by atoms with van der Waals surface area (Å²) in [4.78, 5) is 13.0. The van der Waals surface area contributed by atoms with E-state index < -0.39 is 0 Å². The van der Waals surface area contributed by atoms with Crippen molar-refractivity contribution in [1.29, 1.82) is 5.26 Å². The van der Waals surface area contributed by atoms with Gasteiger partial charge in [0.1, 0.15) is 0 Å². The highest BCUT2D eigenvalue weighted by Crippen LogP contribution is 2.26. The molecule has 2 rings (SSSR count). The molecule has 22 heavy (non-hydrogen) atoms. The van der Waals surface area contributed by atoms with E-state index in [0.29, 0.717) is 17.7 Å². The lowest BCUT2D eigenvalue weighted by Crippen LogP contribution is -2.23. The SMILES string of the molecule is C=CCNC(=O)c1ccccc1SCc1ccc(C#N)cc1. The number of nitrogens with one attached hydrogen (secondary N) is 1. The van der Waals surface area contributed by atoms with Crippen molar-refractivity contribution in [2.24, 2.45) is 0 Å². The third-order valence-corrected chi connectivity index (χ3v) is 4.16. The van der Waals surface area contributed by atoms with E-state index in [4.69, 9.17) is 5.26 Å². The van der Waals surface area contributed by atoms with Gasteiger partial charge in [0, 0.05) is 17.2 Å². The molecule has 2 aromatic carbocycles. The Morgan fingerprint density at radius 1 is 1.23 bits per heavy atom. The molecule has 1 amide bonds. The number of benzene rings is 2. The summed E-state index contributed by atoms with van der Waals surface area (Å²) in [6.07, 6.45) is 1.66. The summed E-state index contributed by atoms with van der Waals surface area (Å²) in [6, 6.07) is 17.1. The molecule has 0 aliphatic rings. The van der Waals surface area contributed by atoms with Gasteiger partial charge in [-0.2, -0.15) is 5.26 Å². The number of hydrogen-bond acceptors (Lipinski definition) is 3. The minimum atomic E-state index is -0.0946. The van der Waals surface area contributed by atoms with Crippen LogP contribution in [-0.4, -0.2) is 12.5 Å². The highest BCUT2D eigenvalue weighted by atomic mass is 32.2. The summed E-state index contributed by atoms with van der Waals surface area (Å²) in [6.45, 7) is 4.05. The average Bonchev–Trinajstić information content (AvgIpc) is 2.58. The average molecular weight is 308 g/mol. The van der Waals surface area contributed by atoms with Crippen LogP contribution in [0.3, 0.4) is 0 Å². The molecule has 0 saturated carbocycles. The zero-order valence-corrected chi connectivity index (χ0v) is 12.9. The number of carbonyl (C=O) groups is 1. The Bertz CT molecular complexity index is 702. The quantitative estimate of drug-likeness (QED) is 0.653. The third-order valence-electron chi connectivity index (χ3n) is 3.02. The van der Waals surface area contributed by atoms with E-state index in [1.807, 2.05) is 36.4 Å². The minimum Gasteiger partial charge on any atom is -0.349 e. The Morgan fingerprint density at radius 2 is 1.95 bits per heavy atom. The van der Waals surface area contributed by atoms with Crippen molar-refractivity contribution in [1.82, 2.24) is 5.32 Å². The monoisotopic (exact) mass is 308 g/mol. The van der Waals surface area contributed by atoms with Crippen LogP contribution in [0.15, 0.2) is 66.1 Å². The Hall–Kier alpha value is -2.51. The highest BCUT2D eigenvalue weighted by molar-refractivity contribution is 7.98. The molecule has 0 unspecified atom stereocenters. The van der Waals surface area contributed by atoms with E-state index in [0.717, 1.165) is 16.2 Å². The molecule has 0 spiro atoms. The molecule has 0 aromatic heterocycles. The third kappa shape index (κ3) is 4.24. The maximum absolute atomic E-state index is 12.1. The van der Waals surface area contributed by atoms with Gasteiger partial charge in [0.05, 0.1) is 17.2 Å². The first-order valence-electron chi connectivity index (χ1n) is 6.84. The van der Waals surface area contributed by atoms with Crippen molar-refractivity contribution in [3.05, 3.63) is 77.9 Å². The molecule has 0 aliphatic carbocycles. The van der Waals surface area contributed by atoms with E-state index >= 15 is 0 Å². The van der Waals surface area contributed by atoms with E-state index in [1.165, 1.54) is 0 Å². The fourth-order valence-corrected chi connectivity index (χ4v) is 2.88. The standard InChI is InChI=1S/C18H16N2OS/c1-2-11-20-18(21)16-5-3-4-6-17(16)22-13-15-9-7-14(12-19)8-10-15/h2-10H,1,11,13H2,(H,20,21). The van der Waals surface area contributed by atoms with Crippen LogP contribution in [0.5, 0.6) is 0 Å². The maximum atomic E-state index is 12.1. The van der Waals surface area contributed by atoms with Crippen LogP contribution < -0.4 is 5.32 Å². The summed E-state index contributed by atoms with van der Waals surface area (Å²) >= 11 is 1.61. The molecule has 1 N–H and O–H groups in total. The number of nitriles is 1. The normalized spacial score (nSPS) is 9.77. The highest BCUT2D eigenvalue weighted by Gasteiger charge is 2.10. The van der Waals surface area contributed by atoms with Gasteiger partial charge in [0.2, 0.25) is 0 Å². The molecule has 0 heterocycles. The summed E-state index contributed by atoms with van der Waals surface area (Å²) in [7, 11) is 0. The predicted octanol–water partition coefficient (Wildman–Crippen LogP) is 3.77.